The van der Waals surface area contributed by atoms with Gasteiger partial charge in [0.1, 0.15) is 17.3 Å². The molecule has 0 aromatic heterocycles. The number of methoxy groups -OCH3 is 3. The number of para-hydroxylation sites is 1. The van der Waals surface area contributed by atoms with Crippen LogP contribution >= 0.6 is 0 Å². The lowest BCUT2D eigenvalue weighted by Crippen LogP contribution is -2.31. The number of rotatable bonds is 7. The van der Waals surface area contributed by atoms with Gasteiger partial charge in [-0.15, -0.1) is 0 Å². The highest BCUT2D eigenvalue weighted by molar-refractivity contribution is 5.89. The van der Waals surface area contributed by atoms with Crippen LogP contribution in [0.5, 0.6) is 17.2 Å². The molecule has 6 nitrogen and oxygen atoms in total. The topological polar surface area (TPSA) is 68.8 Å². The first-order chi connectivity index (χ1) is 12.5. The number of hydrogen-bond acceptors (Lipinski definition) is 4. The van der Waals surface area contributed by atoms with Crippen molar-refractivity contribution in [2.75, 3.05) is 33.2 Å². The third kappa shape index (κ3) is 4.53. The summed E-state index contributed by atoms with van der Waals surface area (Å²) >= 11 is 0. The van der Waals surface area contributed by atoms with E-state index in [1.165, 1.54) is 27.4 Å². The number of urea groups is 1. The number of hydrogen-bond donors (Lipinski definition) is 2. The van der Waals surface area contributed by atoms with E-state index in [-0.39, 0.29) is 6.54 Å². The van der Waals surface area contributed by atoms with Crippen molar-refractivity contribution in [2.45, 2.75) is 6.42 Å². The van der Waals surface area contributed by atoms with Crippen molar-refractivity contribution in [2.24, 2.45) is 0 Å². The maximum absolute atomic E-state index is 13.5. The minimum Gasteiger partial charge on any atom is -0.493 e. The molecule has 8 heteroatoms. The van der Waals surface area contributed by atoms with Gasteiger partial charge in [0.05, 0.1) is 21.3 Å². The van der Waals surface area contributed by atoms with Gasteiger partial charge in [0, 0.05) is 6.54 Å². The van der Waals surface area contributed by atoms with Gasteiger partial charge in [-0.25, -0.2) is 13.6 Å². The number of ether oxygens (including phenoxy) is 3. The normalized spacial score (nSPS) is 10.2. The molecule has 0 atom stereocenters. The molecular weight excluding hydrogens is 346 g/mol. The molecule has 0 saturated carbocycles. The van der Waals surface area contributed by atoms with Crippen LogP contribution in [0.25, 0.3) is 0 Å². The lowest BCUT2D eigenvalue weighted by atomic mass is 10.1. The van der Waals surface area contributed by atoms with Gasteiger partial charge in [-0.2, -0.15) is 0 Å². The molecule has 0 saturated heterocycles. The molecule has 0 unspecified atom stereocenters. The fourth-order valence-corrected chi connectivity index (χ4v) is 2.38. The van der Waals surface area contributed by atoms with Crippen molar-refractivity contribution in [1.29, 1.82) is 0 Å². The number of halogens is 2. The van der Waals surface area contributed by atoms with Crippen LogP contribution in [0, 0.1) is 11.6 Å². The minimum absolute atomic E-state index is 0.237. The highest BCUT2D eigenvalue weighted by Gasteiger charge is 2.14. The first kappa shape index (κ1) is 19.3. The average molecular weight is 366 g/mol. The lowest BCUT2D eigenvalue weighted by Gasteiger charge is -2.14. The molecule has 2 rings (SSSR count). The molecule has 140 valence electrons. The summed E-state index contributed by atoms with van der Waals surface area (Å²) < 4.78 is 42.8. The molecule has 2 aromatic carbocycles. The molecule has 0 bridgehead atoms. The molecule has 0 fully saturated rings. The van der Waals surface area contributed by atoms with E-state index in [9.17, 15) is 13.6 Å². The summed E-state index contributed by atoms with van der Waals surface area (Å²) in [6.07, 6.45) is 0.448. The molecule has 2 aromatic rings. The first-order valence-corrected chi connectivity index (χ1v) is 7.78. The van der Waals surface area contributed by atoms with E-state index in [4.69, 9.17) is 14.2 Å². The van der Waals surface area contributed by atoms with Gasteiger partial charge in [0.15, 0.2) is 11.5 Å². The SMILES string of the molecule is COc1cc(CCNC(=O)Nc2c(F)cccc2F)cc(OC)c1OC. The molecule has 0 aliphatic rings. The van der Waals surface area contributed by atoms with Crippen LogP contribution in [0.1, 0.15) is 5.56 Å². The number of amides is 2. The summed E-state index contributed by atoms with van der Waals surface area (Å²) in [5.41, 5.74) is 0.342. The zero-order valence-electron chi connectivity index (χ0n) is 14.7. The Morgan fingerprint density at radius 1 is 1.00 bits per heavy atom. The van der Waals surface area contributed by atoms with Crippen LogP contribution in [0.2, 0.25) is 0 Å². The predicted octanol–water partition coefficient (Wildman–Crippen LogP) is 3.35. The second-order valence-electron chi connectivity index (χ2n) is 5.26. The van der Waals surface area contributed by atoms with Crippen molar-refractivity contribution < 1.29 is 27.8 Å². The third-order valence-corrected chi connectivity index (χ3v) is 3.63. The van der Waals surface area contributed by atoms with E-state index in [2.05, 4.69) is 10.6 Å². The van der Waals surface area contributed by atoms with Gasteiger partial charge < -0.3 is 24.8 Å². The standard InChI is InChI=1S/C18H20F2N2O4/c1-24-14-9-11(10-15(25-2)17(14)26-3)7-8-21-18(23)22-16-12(19)5-4-6-13(16)20/h4-6,9-10H,7-8H2,1-3H3,(H2,21,22,23). The van der Waals surface area contributed by atoms with Crippen LogP contribution in [-0.2, 0) is 6.42 Å². The second-order valence-corrected chi connectivity index (χ2v) is 5.26. The third-order valence-electron chi connectivity index (χ3n) is 3.63. The van der Waals surface area contributed by atoms with Crippen molar-refractivity contribution >= 4 is 11.7 Å². The Bertz CT molecular complexity index is 739. The Morgan fingerprint density at radius 3 is 2.08 bits per heavy atom. The fourth-order valence-electron chi connectivity index (χ4n) is 2.38. The Labute approximate surface area is 150 Å². The zero-order chi connectivity index (χ0) is 19.1. The number of nitrogens with one attached hydrogen (secondary N) is 2. The Kier molecular flexibility index (Phi) is 6.60. The van der Waals surface area contributed by atoms with Gasteiger partial charge >= 0.3 is 6.03 Å². The monoisotopic (exact) mass is 366 g/mol. The molecule has 0 heterocycles. The summed E-state index contributed by atoms with van der Waals surface area (Å²) in [4.78, 5) is 11.8. The van der Waals surface area contributed by atoms with E-state index >= 15 is 0 Å². The van der Waals surface area contributed by atoms with Gasteiger partial charge in [-0.1, -0.05) is 6.07 Å². The Morgan fingerprint density at radius 2 is 1.58 bits per heavy atom. The van der Waals surface area contributed by atoms with Crippen molar-refractivity contribution in [1.82, 2.24) is 5.32 Å². The maximum atomic E-state index is 13.5. The lowest BCUT2D eigenvalue weighted by molar-refractivity contribution is 0.252. The van der Waals surface area contributed by atoms with Gasteiger partial charge in [-0.3, -0.25) is 0 Å². The van der Waals surface area contributed by atoms with E-state index in [0.29, 0.717) is 23.7 Å². The minimum atomic E-state index is -0.843. The van der Waals surface area contributed by atoms with E-state index in [1.54, 1.807) is 12.1 Å². The van der Waals surface area contributed by atoms with E-state index in [0.717, 1.165) is 17.7 Å². The van der Waals surface area contributed by atoms with Crippen LogP contribution in [0.4, 0.5) is 19.3 Å². The summed E-state index contributed by atoms with van der Waals surface area (Å²) in [7, 11) is 4.53. The zero-order valence-corrected chi connectivity index (χ0v) is 14.7. The van der Waals surface area contributed by atoms with E-state index in [1.807, 2.05) is 0 Å². The quantitative estimate of drug-likeness (QED) is 0.789. The average Bonchev–Trinajstić information content (AvgIpc) is 2.63. The molecule has 0 spiro atoms. The largest absolute Gasteiger partial charge is 0.493 e. The van der Waals surface area contributed by atoms with Crippen molar-refractivity contribution in [3.05, 3.63) is 47.5 Å². The summed E-state index contributed by atoms with van der Waals surface area (Å²) in [5, 5.41) is 4.70. The van der Waals surface area contributed by atoms with Crippen molar-refractivity contribution in [3.8, 4) is 17.2 Å². The number of anilines is 1. The van der Waals surface area contributed by atoms with Gasteiger partial charge in [0.2, 0.25) is 5.75 Å². The molecular formula is C18H20F2N2O4. The number of carbonyl (C=O) groups is 1. The summed E-state index contributed by atoms with van der Waals surface area (Å²) in [5.74, 6) is -0.214. The summed E-state index contributed by atoms with van der Waals surface area (Å²) in [6.45, 7) is 0.237. The van der Waals surface area contributed by atoms with Crippen LogP contribution in [0.15, 0.2) is 30.3 Å². The van der Waals surface area contributed by atoms with Gasteiger partial charge in [0.25, 0.3) is 0 Å². The molecule has 0 aliphatic carbocycles. The van der Waals surface area contributed by atoms with Crippen molar-refractivity contribution in [3.63, 3.8) is 0 Å². The van der Waals surface area contributed by atoms with Crippen LogP contribution in [0.3, 0.4) is 0 Å². The maximum Gasteiger partial charge on any atom is 0.319 e. The van der Waals surface area contributed by atoms with E-state index < -0.39 is 23.4 Å². The number of benzene rings is 2. The highest BCUT2D eigenvalue weighted by Crippen LogP contribution is 2.38. The molecule has 26 heavy (non-hydrogen) atoms. The second kappa shape index (κ2) is 8.89. The first-order valence-electron chi connectivity index (χ1n) is 7.78. The molecule has 2 N–H and O–H groups in total. The molecule has 2 amide bonds. The molecule has 0 aliphatic heterocycles. The van der Waals surface area contributed by atoms with Crippen LogP contribution < -0.4 is 24.8 Å². The number of carbonyl (C=O) groups excluding carboxylic acids is 1. The highest BCUT2D eigenvalue weighted by atomic mass is 19.1. The smallest absolute Gasteiger partial charge is 0.319 e. The predicted molar refractivity (Wildman–Crippen MR) is 93.2 cm³/mol. The van der Waals surface area contributed by atoms with Crippen LogP contribution in [-0.4, -0.2) is 33.9 Å². The fraction of sp³-hybridized carbons (Fsp3) is 0.278. The van der Waals surface area contributed by atoms with Gasteiger partial charge in [-0.05, 0) is 36.2 Å². The Balaban J connectivity index is 1.98. The Hall–Kier alpha value is -3.03. The molecule has 0 radical (unpaired) electrons. The summed E-state index contributed by atoms with van der Waals surface area (Å²) in [6, 6.07) is 6.16.